The van der Waals surface area contributed by atoms with E-state index in [9.17, 15) is 4.79 Å². The zero-order valence-electron chi connectivity index (χ0n) is 14.4. The Morgan fingerprint density at radius 1 is 1.38 bits per heavy atom. The Balaban J connectivity index is 1.70. The Kier molecular flexibility index (Phi) is 5.18. The lowest BCUT2D eigenvalue weighted by Gasteiger charge is -2.36. The van der Waals surface area contributed by atoms with Gasteiger partial charge in [0.1, 0.15) is 5.75 Å². The molecule has 1 atom stereocenters. The minimum Gasteiger partial charge on any atom is -0.497 e. The van der Waals surface area contributed by atoms with E-state index >= 15 is 0 Å². The second-order valence-electron chi connectivity index (χ2n) is 6.40. The van der Waals surface area contributed by atoms with Crippen molar-refractivity contribution in [1.82, 2.24) is 14.7 Å². The van der Waals surface area contributed by atoms with Gasteiger partial charge >= 0.3 is 0 Å². The van der Waals surface area contributed by atoms with Crippen LogP contribution in [0.1, 0.15) is 42.9 Å². The predicted octanol–water partition coefficient (Wildman–Crippen LogP) is 3.12. The topological polar surface area (TPSA) is 47.4 Å². The third-order valence-electron chi connectivity index (χ3n) is 4.69. The number of carbonyl (C=O) groups is 1. The second kappa shape index (κ2) is 7.51. The number of methoxy groups -OCH3 is 1. The molecule has 0 N–H and O–H groups in total. The van der Waals surface area contributed by atoms with Crippen LogP contribution in [-0.4, -0.2) is 34.2 Å². The fourth-order valence-electron chi connectivity index (χ4n) is 3.42. The molecule has 1 saturated heterocycles. The molecule has 0 spiro atoms. The first-order valence-corrected chi connectivity index (χ1v) is 8.58. The second-order valence-corrected chi connectivity index (χ2v) is 6.40. The molecule has 3 rings (SSSR count). The van der Waals surface area contributed by atoms with Crippen molar-refractivity contribution in [2.75, 3.05) is 13.7 Å². The van der Waals surface area contributed by atoms with E-state index in [0.29, 0.717) is 6.42 Å². The molecule has 0 aliphatic carbocycles. The quantitative estimate of drug-likeness (QED) is 0.848. The van der Waals surface area contributed by atoms with Gasteiger partial charge in [0, 0.05) is 26.2 Å². The van der Waals surface area contributed by atoms with E-state index in [1.54, 1.807) is 11.8 Å². The number of hydrogen-bond acceptors (Lipinski definition) is 3. The van der Waals surface area contributed by atoms with Crippen molar-refractivity contribution in [2.24, 2.45) is 7.05 Å². The minimum absolute atomic E-state index is 0.162. The Morgan fingerprint density at radius 2 is 2.25 bits per heavy atom. The summed E-state index contributed by atoms with van der Waals surface area (Å²) in [6.45, 7) is 0.841. The number of benzene rings is 1. The van der Waals surface area contributed by atoms with Crippen LogP contribution in [0, 0.1) is 0 Å². The van der Waals surface area contributed by atoms with Crippen LogP contribution in [0.4, 0.5) is 0 Å². The third-order valence-corrected chi connectivity index (χ3v) is 4.69. The van der Waals surface area contributed by atoms with Crippen LogP contribution >= 0.6 is 0 Å². The number of ether oxygens (including phenoxy) is 1. The summed E-state index contributed by atoms with van der Waals surface area (Å²) >= 11 is 0. The summed E-state index contributed by atoms with van der Waals surface area (Å²) in [6.07, 6.45) is 8.35. The van der Waals surface area contributed by atoms with E-state index in [2.05, 4.69) is 22.1 Å². The number of hydrogen-bond donors (Lipinski definition) is 0. The Hall–Kier alpha value is -2.30. The Bertz CT molecular complexity index is 695. The first kappa shape index (κ1) is 16.6. The van der Waals surface area contributed by atoms with E-state index in [1.807, 2.05) is 31.6 Å². The highest BCUT2D eigenvalue weighted by molar-refractivity contribution is 5.77. The van der Waals surface area contributed by atoms with Crippen LogP contribution in [0.5, 0.6) is 5.75 Å². The highest BCUT2D eigenvalue weighted by Gasteiger charge is 2.27. The van der Waals surface area contributed by atoms with Gasteiger partial charge in [-0.25, -0.2) is 0 Å². The van der Waals surface area contributed by atoms with Crippen molar-refractivity contribution in [3.63, 3.8) is 0 Å². The highest BCUT2D eigenvalue weighted by Crippen LogP contribution is 2.33. The zero-order chi connectivity index (χ0) is 16.9. The number of piperidine rings is 1. The van der Waals surface area contributed by atoms with E-state index in [0.717, 1.165) is 43.5 Å². The molecule has 5 heteroatoms. The maximum Gasteiger partial charge on any atom is 0.223 e. The molecule has 0 radical (unpaired) electrons. The van der Waals surface area contributed by atoms with Gasteiger partial charge in [0.2, 0.25) is 5.91 Å². The fourth-order valence-corrected chi connectivity index (χ4v) is 3.42. The number of amides is 1. The number of nitrogens with zero attached hydrogens (tertiary/aromatic N) is 3. The summed E-state index contributed by atoms with van der Waals surface area (Å²) in [6, 6.07) is 8.26. The molecule has 0 unspecified atom stereocenters. The van der Waals surface area contributed by atoms with E-state index in [1.165, 1.54) is 5.56 Å². The standard InChI is InChI=1S/C19H25N3O2/c1-21-14-15(13-20-21)9-10-19(23)22-11-4-3-8-18(22)16-6-5-7-17(12-16)24-2/h5-7,12-14,18H,3-4,8-11H2,1-2H3/t18-/m0/s1. The lowest BCUT2D eigenvalue weighted by Crippen LogP contribution is -2.38. The molecule has 1 aromatic carbocycles. The first-order chi connectivity index (χ1) is 11.7. The smallest absolute Gasteiger partial charge is 0.223 e. The summed E-state index contributed by atoms with van der Waals surface area (Å²) in [5.41, 5.74) is 2.28. The molecule has 0 bridgehead atoms. The summed E-state index contributed by atoms with van der Waals surface area (Å²) < 4.78 is 7.11. The van der Waals surface area contributed by atoms with Gasteiger partial charge in [-0.05, 0) is 48.9 Å². The number of aryl methyl sites for hydroxylation is 2. The molecule has 1 aliphatic rings. The molecule has 5 nitrogen and oxygen atoms in total. The normalized spacial score (nSPS) is 17.8. The minimum atomic E-state index is 0.162. The zero-order valence-corrected chi connectivity index (χ0v) is 14.4. The van der Waals surface area contributed by atoms with Crippen molar-refractivity contribution < 1.29 is 9.53 Å². The summed E-state index contributed by atoms with van der Waals surface area (Å²) in [5.74, 6) is 1.08. The van der Waals surface area contributed by atoms with Gasteiger partial charge in [-0.1, -0.05) is 12.1 Å². The van der Waals surface area contributed by atoms with Gasteiger partial charge in [-0.15, -0.1) is 0 Å². The summed E-state index contributed by atoms with van der Waals surface area (Å²) in [4.78, 5) is 14.8. The fraction of sp³-hybridized carbons (Fsp3) is 0.474. The molecule has 1 aliphatic heterocycles. The Morgan fingerprint density at radius 3 is 3.00 bits per heavy atom. The summed E-state index contributed by atoms with van der Waals surface area (Å²) in [5, 5.41) is 4.17. The first-order valence-electron chi connectivity index (χ1n) is 8.58. The van der Waals surface area contributed by atoms with Crippen molar-refractivity contribution in [2.45, 2.75) is 38.1 Å². The van der Waals surface area contributed by atoms with Crippen LogP contribution in [0.3, 0.4) is 0 Å². The molecule has 0 saturated carbocycles. The molecule has 2 heterocycles. The van der Waals surface area contributed by atoms with Crippen molar-refractivity contribution in [3.05, 3.63) is 47.8 Å². The summed E-state index contributed by atoms with van der Waals surface area (Å²) in [7, 11) is 3.57. The lowest BCUT2D eigenvalue weighted by atomic mass is 9.94. The van der Waals surface area contributed by atoms with Gasteiger partial charge in [-0.2, -0.15) is 5.10 Å². The highest BCUT2D eigenvalue weighted by atomic mass is 16.5. The van der Waals surface area contributed by atoms with E-state index < -0.39 is 0 Å². The van der Waals surface area contributed by atoms with Gasteiger partial charge < -0.3 is 9.64 Å². The van der Waals surface area contributed by atoms with Crippen LogP contribution < -0.4 is 4.74 Å². The molecular formula is C19H25N3O2. The maximum absolute atomic E-state index is 12.8. The van der Waals surface area contributed by atoms with E-state index in [4.69, 9.17) is 4.74 Å². The van der Waals surface area contributed by atoms with Gasteiger partial charge in [0.15, 0.2) is 0 Å². The van der Waals surface area contributed by atoms with Crippen molar-refractivity contribution in [1.29, 1.82) is 0 Å². The van der Waals surface area contributed by atoms with Crippen molar-refractivity contribution in [3.8, 4) is 5.75 Å². The molecule has 128 valence electrons. The molecule has 1 amide bonds. The van der Waals surface area contributed by atoms with Crippen molar-refractivity contribution >= 4 is 5.91 Å². The molecule has 24 heavy (non-hydrogen) atoms. The average Bonchev–Trinajstić information content (AvgIpc) is 3.05. The predicted molar refractivity (Wildman–Crippen MR) is 92.8 cm³/mol. The molecule has 1 aromatic heterocycles. The van der Waals surface area contributed by atoms with Crippen LogP contribution in [0.15, 0.2) is 36.7 Å². The lowest BCUT2D eigenvalue weighted by molar-refractivity contribution is -0.135. The van der Waals surface area contributed by atoms with Gasteiger partial charge in [0.05, 0.1) is 19.3 Å². The monoisotopic (exact) mass is 327 g/mol. The number of rotatable bonds is 5. The average molecular weight is 327 g/mol. The van der Waals surface area contributed by atoms with Crippen LogP contribution in [-0.2, 0) is 18.3 Å². The number of carbonyl (C=O) groups excluding carboxylic acids is 1. The van der Waals surface area contributed by atoms with Crippen LogP contribution in [0.25, 0.3) is 0 Å². The van der Waals surface area contributed by atoms with Gasteiger partial charge in [-0.3, -0.25) is 9.48 Å². The maximum atomic E-state index is 12.8. The largest absolute Gasteiger partial charge is 0.497 e. The number of likely N-dealkylation sites (tertiary alicyclic amines) is 1. The number of aromatic nitrogens is 2. The molecule has 1 fully saturated rings. The van der Waals surface area contributed by atoms with E-state index in [-0.39, 0.29) is 11.9 Å². The molecular weight excluding hydrogens is 302 g/mol. The Labute approximate surface area is 143 Å². The van der Waals surface area contributed by atoms with Crippen LogP contribution in [0.2, 0.25) is 0 Å². The van der Waals surface area contributed by atoms with Gasteiger partial charge in [0.25, 0.3) is 0 Å². The molecule has 2 aromatic rings. The third kappa shape index (κ3) is 3.78. The SMILES string of the molecule is COc1cccc([C@@H]2CCCCN2C(=O)CCc2cnn(C)c2)c1.